The van der Waals surface area contributed by atoms with E-state index in [2.05, 4.69) is 4.18 Å². The summed E-state index contributed by atoms with van der Waals surface area (Å²) < 4.78 is 52.1. The van der Waals surface area contributed by atoms with E-state index >= 15 is 0 Å². The van der Waals surface area contributed by atoms with Gasteiger partial charge in [0.05, 0.1) is 4.90 Å². The fourth-order valence-corrected chi connectivity index (χ4v) is 4.05. The summed E-state index contributed by atoms with van der Waals surface area (Å²) in [5.41, 5.74) is 0. The SMILES string of the molecule is O=S(=O)(Oc1ccccc1)S(=O)(=O)c1ccccc1.[KH]. The fraction of sp³-hybridized carbons (Fsp3) is 0. The Labute approximate surface area is 159 Å². The summed E-state index contributed by atoms with van der Waals surface area (Å²) >= 11 is 0. The van der Waals surface area contributed by atoms with Crippen LogP contribution in [0.4, 0.5) is 0 Å². The second kappa shape index (κ2) is 7.17. The quantitative estimate of drug-likeness (QED) is 0.617. The van der Waals surface area contributed by atoms with E-state index in [4.69, 9.17) is 0 Å². The van der Waals surface area contributed by atoms with Crippen LogP contribution in [-0.4, -0.2) is 68.2 Å². The molecule has 0 fully saturated rings. The van der Waals surface area contributed by atoms with Crippen LogP contribution in [-0.2, 0) is 18.0 Å². The zero-order valence-electron chi connectivity index (χ0n) is 9.63. The van der Waals surface area contributed by atoms with Crippen LogP contribution >= 0.6 is 0 Å². The van der Waals surface area contributed by atoms with Crippen LogP contribution in [0.5, 0.6) is 5.75 Å². The molecule has 0 radical (unpaired) electrons. The molecule has 0 unspecified atom stereocenters. The van der Waals surface area contributed by atoms with Crippen molar-refractivity contribution in [3.05, 3.63) is 60.7 Å². The van der Waals surface area contributed by atoms with E-state index in [1.165, 1.54) is 36.4 Å². The second-order valence-corrected chi connectivity index (χ2v) is 8.48. The van der Waals surface area contributed by atoms with Gasteiger partial charge >= 0.3 is 69.4 Å². The molecule has 0 saturated heterocycles. The van der Waals surface area contributed by atoms with Crippen LogP contribution in [0.1, 0.15) is 0 Å². The second-order valence-electron chi connectivity index (χ2n) is 3.57. The molecule has 102 valence electrons. The van der Waals surface area contributed by atoms with E-state index in [1.807, 2.05) is 0 Å². The monoisotopic (exact) mass is 338 g/mol. The Kier molecular flexibility index (Phi) is 6.39. The van der Waals surface area contributed by atoms with Crippen molar-refractivity contribution < 1.29 is 21.0 Å². The van der Waals surface area contributed by atoms with Gasteiger partial charge in [0.25, 0.3) is 0 Å². The molecule has 0 spiro atoms. The van der Waals surface area contributed by atoms with Gasteiger partial charge in [-0.15, -0.1) is 0 Å². The van der Waals surface area contributed by atoms with Crippen molar-refractivity contribution in [3.63, 3.8) is 0 Å². The number of hydrogen-bond donors (Lipinski definition) is 0. The molecule has 0 saturated carbocycles. The average Bonchev–Trinajstić information content (AvgIpc) is 2.40. The van der Waals surface area contributed by atoms with Crippen LogP contribution in [0, 0.1) is 0 Å². The summed E-state index contributed by atoms with van der Waals surface area (Å²) in [6.07, 6.45) is 0. The minimum atomic E-state index is -4.79. The van der Waals surface area contributed by atoms with Gasteiger partial charge in [-0.1, -0.05) is 36.4 Å². The van der Waals surface area contributed by atoms with Crippen LogP contribution in [0.2, 0.25) is 0 Å². The molecule has 0 aromatic heterocycles. The molecule has 2 aromatic rings. The van der Waals surface area contributed by atoms with E-state index in [-0.39, 0.29) is 62.0 Å². The molecule has 0 N–H and O–H groups in total. The van der Waals surface area contributed by atoms with Crippen LogP contribution in [0.15, 0.2) is 65.6 Å². The molecule has 0 heterocycles. The van der Waals surface area contributed by atoms with Crippen molar-refractivity contribution in [2.45, 2.75) is 4.90 Å². The maximum atomic E-state index is 11.9. The topological polar surface area (TPSA) is 77.5 Å². The zero-order chi connectivity index (χ0) is 13.9. The molecule has 5 nitrogen and oxygen atoms in total. The van der Waals surface area contributed by atoms with Gasteiger partial charge < -0.3 is 4.18 Å². The first kappa shape index (κ1) is 17.8. The number of para-hydroxylation sites is 1. The molecule has 2 aromatic carbocycles. The summed E-state index contributed by atoms with van der Waals surface area (Å²) in [5.74, 6) is -0.0537. The minimum absolute atomic E-state index is 0. The predicted molar refractivity (Wildman–Crippen MR) is 76.8 cm³/mol. The zero-order valence-corrected chi connectivity index (χ0v) is 11.3. The Hall–Kier alpha value is -0.224. The molecule has 8 heteroatoms. The Morgan fingerprint density at radius 3 is 1.65 bits per heavy atom. The molecule has 0 atom stereocenters. The Morgan fingerprint density at radius 2 is 1.15 bits per heavy atom. The van der Waals surface area contributed by atoms with Gasteiger partial charge in [-0.25, -0.2) is 8.42 Å². The van der Waals surface area contributed by atoms with Crippen molar-refractivity contribution in [2.75, 3.05) is 0 Å². The summed E-state index contributed by atoms with van der Waals surface area (Å²) in [6.45, 7) is 0. The van der Waals surface area contributed by atoms with E-state index in [0.717, 1.165) is 0 Å². The Morgan fingerprint density at radius 1 is 0.700 bits per heavy atom. The van der Waals surface area contributed by atoms with Crippen molar-refractivity contribution >= 4 is 69.4 Å². The van der Waals surface area contributed by atoms with Gasteiger partial charge in [-0.05, 0) is 24.3 Å². The van der Waals surface area contributed by atoms with E-state index in [1.54, 1.807) is 24.3 Å². The van der Waals surface area contributed by atoms with Gasteiger partial charge in [0.15, 0.2) is 0 Å². The molecule has 0 bridgehead atoms. The third-order valence-corrected chi connectivity index (χ3v) is 6.42. The normalized spacial score (nSPS) is 11.4. The fourth-order valence-electron chi connectivity index (χ4n) is 1.34. The van der Waals surface area contributed by atoms with E-state index in [9.17, 15) is 16.8 Å². The first-order valence-corrected chi connectivity index (χ1v) is 8.64. The molecule has 0 aliphatic rings. The van der Waals surface area contributed by atoms with Gasteiger partial charge in [-0.2, -0.15) is 8.42 Å². The third kappa shape index (κ3) is 3.91. The number of rotatable bonds is 4. The molecular formula is C12H11KO5S2. The maximum absolute atomic E-state index is 11.9. The van der Waals surface area contributed by atoms with Crippen LogP contribution in [0.3, 0.4) is 0 Å². The molecule has 0 amide bonds. The summed E-state index contributed by atoms with van der Waals surface area (Å²) in [6, 6.07) is 14.3. The van der Waals surface area contributed by atoms with Gasteiger partial charge in [0.1, 0.15) is 5.75 Å². The third-order valence-electron chi connectivity index (χ3n) is 2.24. The number of benzene rings is 2. The van der Waals surface area contributed by atoms with E-state index < -0.39 is 18.0 Å². The number of hydrogen-bond acceptors (Lipinski definition) is 5. The van der Waals surface area contributed by atoms with Crippen molar-refractivity contribution in [3.8, 4) is 5.75 Å². The average molecular weight is 338 g/mol. The van der Waals surface area contributed by atoms with Gasteiger partial charge in [0.2, 0.25) is 0 Å². The first-order valence-electron chi connectivity index (χ1n) is 5.23. The summed E-state index contributed by atoms with van der Waals surface area (Å²) in [4.78, 5) is -0.328. The standard InChI is InChI=1S/C12H10O5S2.K.H/c13-18(14,12-9-5-2-6-10-12)19(15,16)17-11-7-3-1-4-8-11;;/h1-10H;;. The van der Waals surface area contributed by atoms with Gasteiger partial charge in [-0.3, -0.25) is 0 Å². The molecular weight excluding hydrogens is 327 g/mol. The van der Waals surface area contributed by atoms with Crippen molar-refractivity contribution in [1.29, 1.82) is 0 Å². The van der Waals surface area contributed by atoms with E-state index in [0.29, 0.717) is 0 Å². The Balaban J connectivity index is 0.00000200. The molecule has 20 heavy (non-hydrogen) atoms. The Bertz CT molecular complexity index is 756. The van der Waals surface area contributed by atoms with Crippen molar-refractivity contribution in [2.24, 2.45) is 0 Å². The van der Waals surface area contributed by atoms with Crippen LogP contribution in [0.25, 0.3) is 0 Å². The summed E-state index contributed by atoms with van der Waals surface area (Å²) in [5, 5.41) is 0. The predicted octanol–water partition coefficient (Wildman–Crippen LogP) is 1.14. The molecule has 0 aliphatic carbocycles. The molecule has 0 aliphatic heterocycles. The van der Waals surface area contributed by atoms with Gasteiger partial charge in [0, 0.05) is 0 Å². The first-order chi connectivity index (χ1) is 8.93. The van der Waals surface area contributed by atoms with Crippen molar-refractivity contribution in [1.82, 2.24) is 0 Å². The van der Waals surface area contributed by atoms with Crippen LogP contribution < -0.4 is 4.18 Å². The summed E-state index contributed by atoms with van der Waals surface area (Å²) in [7, 11) is -9.38. The molecule has 2 rings (SSSR count).